The molecule has 1 amide bonds. The number of fused-ring (bicyclic) bond motifs is 1. The third-order valence-electron chi connectivity index (χ3n) is 5.06. The van der Waals surface area contributed by atoms with Gasteiger partial charge in [0.2, 0.25) is 11.1 Å². The number of rotatable bonds is 8. The molecule has 0 aliphatic carbocycles. The number of amides is 1. The summed E-state index contributed by atoms with van der Waals surface area (Å²) < 4.78 is 12.9. The molecule has 0 bridgehead atoms. The van der Waals surface area contributed by atoms with Gasteiger partial charge in [-0.1, -0.05) is 30.8 Å². The van der Waals surface area contributed by atoms with Crippen LogP contribution >= 0.6 is 11.8 Å². The number of hydrogen-bond donors (Lipinski definition) is 2. The Kier molecular flexibility index (Phi) is 6.84. The molecule has 0 spiro atoms. The Bertz CT molecular complexity index is 1050. The Balaban J connectivity index is 1.59. The number of nitrogens with one attached hydrogen (secondary N) is 2. The zero-order valence-corrected chi connectivity index (χ0v) is 19.2. The molecule has 2 unspecified atom stereocenters. The van der Waals surface area contributed by atoms with Gasteiger partial charge in [-0.25, -0.2) is 4.68 Å². The average molecular weight is 454 g/mol. The quantitative estimate of drug-likeness (QED) is 0.532. The van der Waals surface area contributed by atoms with Crippen LogP contribution in [0.3, 0.4) is 0 Å². The van der Waals surface area contributed by atoms with Gasteiger partial charge >= 0.3 is 0 Å². The van der Waals surface area contributed by atoms with Gasteiger partial charge in [-0.2, -0.15) is 0 Å². The van der Waals surface area contributed by atoms with Crippen molar-refractivity contribution in [3.8, 4) is 11.5 Å². The summed E-state index contributed by atoms with van der Waals surface area (Å²) in [4.78, 5) is 13.3. The number of nitrogens with zero attached hydrogens (tertiary/aromatic N) is 3. The van der Waals surface area contributed by atoms with Crippen LogP contribution in [0, 0.1) is 0 Å². The number of aromatic nitrogens is 3. The summed E-state index contributed by atoms with van der Waals surface area (Å²) in [6, 6.07) is 14.9. The molecule has 0 radical (unpaired) electrons. The summed E-state index contributed by atoms with van der Waals surface area (Å²) in [5.74, 6) is 2.28. The topological polar surface area (TPSA) is 90.3 Å². The molecule has 1 aromatic heterocycles. The van der Waals surface area contributed by atoms with Gasteiger partial charge in [-0.15, -0.1) is 10.2 Å². The van der Waals surface area contributed by atoms with Crippen molar-refractivity contribution in [2.45, 2.75) is 43.6 Å². The highest BCUT2D eigenvalue weighted by molar-refractivity contribution is 8.00. The monoisotopic (exact) mass is 453 g/mol. The Morgan fingerprint density at radius 1 is 1.00 bits per heavy atom. The number of carbonyl (C=O) groups excluding carboxylic acids is 1. The number of anilines is 1. The molecule has 2 heterocycles. The fraction of sp³-hybridized carbons (Fsp3) is 0.348. The lowest BCUT2D eigenvalue weighted by Gasteiger charge is -2.33. The van der Waals surface area contributed by atoms with Crippen molar-refractivity contribution < 1.29 is 14.3 Å². The zero-order chi connectivity index (χ0) is 22.5. The summed E-state index contributed by atoms with van der Waals surface area (Å²) in [5, 5.41) is 11.8. The third kappa shape index (κ3) is 4.67. The van der Waals surface area contributed by atoms with E-state index in [9.17, 15) is 4.79 Å². The minimum atomic E-state index is -0.444. The number of aryl methyl sites for hydroxylation is 1. The largest absolute Gasteiger partial charge is 0.494 e. The standard InChI is InChI=1S/C23H27N5O3S/c1-4-19-25-26-23-28(19)27-20(15-7-11-17(12-8-15)30-5-2)21(32-23)22(29)24-16-9-13-18(14-10-16)31-6-3/h7-14,20-21,27H,4-6H2,1-3H3,(H,24,29). The van der Waals surface area contributed by atoms with Crippen LogP contribution < -0.4 is 20.2 Å². The van der Waals surface area contributed by atoms with Crippen LogP contribution in [0.2, 0.25) is 0 Å². The van der Waals surface area contributed by atoms with Crippen molar-refractivity contribution in [2.24, 2.45) is 0 Å². The summed E-state index contributed by atoms with van der Waals surface area (Å²) in [5.41, 5.74) is 5.15. The molecule has 0 fully saturated rings. The Labute approximate surface area is 191 Å². The van der Waals surface area contributed by atoms with E-state index in [2.05, 4.69) is 20.9 Å². The van der Waals surface area contributed by atoms with Crippen molar-refractivity contribution in [1.29, 1.82) is 0 Å². The first-order valence-corrected chi connectivity index (χ1v) is 11.6. The molecule has 3 aromatic rings. The molecule has 2 aromatic carbocycles. The highest BCUT2D eigenvalue weighted by Gasteiger charge is 2.37. The lowest BCUT2D eigenvalue weighted by atomic mass is 10.0. The van der Waals surface area contributed by atoms with E-state index in [1.54, 1.807) is 0 Å². The van der Waals surface area contributed by atoms with Crippen molar-refractivity contribution in [3.63, 3.8) is 0 Å². The number of carbonyl (C=O) groups is 1. The fourth-order valence-electron chi connectivity index (χ4n) is 3.53. The Hall–Kier alpha value is -3.20. The predicted octanol–water partition coefficient (Wildman–Crippen LogP) is 4.04. The van der Waals surface area contributed by atoms with E-state index in [1.165, 1.54) is 11.8 Å². The van der Waals surface area contributed by atoms with Crippen molar-refractivity contribution in [3.05, 3.63) is 59.9 Å². The van der Waals surface area contributed by atoms with Crippen LogP contribution in [-0.4, -0.2) is 39.2 Å². The van der Waals surface area contributed by atoms with Gasteiger partial charge in [0.15, 0.2) is 5.82 Å². The maximum atomic E-state index is 13.3. The number of hydrogen-bond acceptors (Lipinski definition) is 7. The first-order chi connectivity index (χ1) is 15.6. The molecule has 2 atom stereocenters. The van der Waals surface area contributed by atoms with Crippen molar-refractivity contribution in [1.82, 2.24) is 14.9 Å². The smallest absolute Gasteiger partial charge is 0.240 e. The number of ether oxygens (including phenoxy) is 2. The molecule has 8 nitrogen and oxygen atoms in total. The summed E-state index contributed by atoms with van der Waals surface area (Å²) in [7, 11) is 0. The molecule has 1 aliphatic rings. The van der Waals surface area contributed by atoms with Crippen LogP contribution in [0.1, 0.15) is 38.2 Å². The van der Waals surface area contributed by atoms with E-state index in [1.807, 2.05) is 74.0 Å². The lowest BCUT2D eigenvalue weighted by molar-refractivity contribution is -0.116. The van der Waals surface area contributed by atoms with Gasteiger partial charge in [0.05, 0.1) is 19.3 Å². The second kappa shape index (κ2) is 9.95. The first kappa shape index (κ1) is 22.0. The molecule has 0 saturated carbocycles. The molecule has 0 saturated heterocycles. The van der Waals surface area contributed by atoms with Gasteiger partial charge in [-0.05, 0) is 55.8 Å². The number of thioether (sulfide) groups is 1. The minimum absolute atomic E-state index is 0.113. The van der Waals surface area contributed by atoms with Crippen LogP contribution in [-0.2, 0) is 11.2 Å². The predicted molar refractivity (Wildman–Crippen MR) is 125 cm³/mol. The van der Waals surface area contributed by atoms with Gasteiger partial charge in [0.1, 0.15) is 16.7 Å². The van der Waals surface area contributed by atoms with Crippen molar-refractivity contribution >= 4 is 23.4 Å². The molecule has 9 heteroatoms. The highest BCUT2D eigenvalue weighted by atomic mass is 32.2. The third-order valence-corrected chi connectivity index (χ3v) is 6.28. The highest BCUT2D eigenvalue weighted by Crippen LogP contribution is 2.38. The molecule has 32 heavy (non-hydrogen) atoms. The lowest BCUT2D eigenvalue weighted by Crippen LogP contribution is -2.41. The Morgan fingerprint density at radius 3 is 2.22 bits per heavy atom. The molecule has 1 aliphatic heterocycles. The van der Waals surface area contributed by atoms with E-state index in [0.717, 1.165) is 29.3 Å². The second-order valence-corrected chi connectivity index (χ2v) is 8.29. The summed E-state index contributed by atoms with van der Waals surface area (Å²) in [6.07, 6.45) is 0.736. The minimum Gasteiger partial charge on any atom is -0.494 e. The van der Waals surface area contributed by atoms with Crippen LogP contribution in [0.25, 0.3) is 0 Å². The molecule has 2 N–H and O–H groups in total. The zero-order valence-electron chi connectivity index (χ0n) is 18.4. The number of benzene rings is 2. The van der Waals surface area contributed by atoms with Crippen molar-refractivity contribution in [2.75, 3.05) is 24.0 Å². The van der Waals surface area contributed by atoms with E-state index >= 15 is 0 Å². The summed E-state index contributed by atoms with van der Waals surface area (Å²) >= 11 is 1.41. The summed E-state index contributed by atoms with van der Waals surface area (Å²) in [6.45, 7) is 7.12. The van der Waals surface area contributed by atoms with Crippen LogP contribution in [0.4, 0.5) is 5.69 Å². The SMILES string of the molecule is CCOc1ccc(NC(=O)C2Sc3nnc(CC)n3NC2c2ccc(OCC)cc2)cc1. The first-order valence-electron chi connectivity index (χ1n) is 10.8. The van der Waals surface area contributed by atoms with Gasteiger partial charge in [-0.3, -0.25) is 4.79 Å². The van der Waals surface area contributed by atoms with Crippen LogP contribution in [0.5, 0.6) is 11.5 Å². The Morgan fingerprint density at radius 2 is 1.62 bits per heavy atom. The molecular formula is C23H27N5O3S. The second-order valence-electron chi connectivity index (χ2n) is 7.18. The van der Waals surface area contributed by atoms with Gasteiger partial charge < -0.3 is 20.2 Å². The normalized spacial score (nSPS) is 17.2. The van der Waals surface area contributed by atoms with E-state index in [-0.39, 0.29) is 11.9 Å². The van der Waals surface area contributed by atoms with Crippen LogP contribution in [0.15, 0.2) is 53.7 Å². The van der Waals surface area contributed by atoms with Gasteiger partial charge in [0, 0.05) is 12.1 Å². The molecule has 4 rings (SSSR count). The fourth-order valence-corrected chi connectivity index (χ4v) is 4.63. The maximum absolute atomic E-state index is 13.3. The van der Waals surface area contributed by atoms with E-state index in [4.69, 9.17) is 9.47 Å². The van der Waals surface area contributed by atoms with E-state index < -0.39 is 5.25 Å². The maximum Gasteiger partial charge on any atom is 0.240 e. The molecular weight excluding hydrogens is 426 g/mol. The van der Waals surface area contributed by atoms with Gasteiger partial charge in [0.25, 0.3) is 0 Å². The molecule has 168 valence electrons. The average Bonchev–Trinajstić information content (AvgIpc) is 3.22. The van der Waals surface area contributed by atoms with E-state index in [0.29, 0.717) is 24.1 Å².